The van der Waals surface area contributed by atoms with Crippen LogP contribution in [0.5, 0.6) is 0 Å². The van der Waals surface area contributed by atoms with Gasteiger partial charge in [-0.1, -0.05) is 43.5 Å². The van der Waals surface area contributed by atoms with Gasteiger partial charge >= 0.3 is 0 Å². The summed E-state index contributed by atoms with van der Waals surface area (Å²) in [6, 6.07) is 4.45. The number of hydrogen-bond acceptors (Lipinski definition) is 3. The van der Waals surface area contributed by atoms with Gasteiger partial charge in [0.15, 0.2) is 9.84 Å². The summed E-state index contributed by atoms with van der Waals surface area (Å²) in [6.45, 7) is 4.23. The highest BCUT2D eigenvalue weighted by Crippen LogP contribution is 2.40. The van der Waals surface area contributed by atoms with Crippen molar-refractivity contribution in [2.24, 2.45) is 5.41 Å². The molecule has 1 aliphatic carbocycles. The highest BCUT2D eigenvalue weighted by atomic mass is 35.5. The van der Waals surface area contributed by atoms with E-state index in [-0.39, 0.29) is 21.4 Å². The van der Waals surface area contributed by atoms with Gasteiger partial charge in [0.25, 0.3) is 0 Å². The molecule has 1 aliphatic rings. The summed E-state index contributed by atoms with van der Waals surface area (Å²) in [4.78, 5) is 0.250. The molecule has 0 bridgehead atoms. The second kappa shape index (κ2) is 6.07. The van der Waals surface area contributed by atoms with E-state index in [4.69, 9.17) is 23.2 Å². The van der Waals surface area contributed by atoms with Gasteiger partial charge in [0.05, 0.1) is 20.2 Å². The molecule has 0 radical (unpaired) electrons. The zero-order chi connectivity index (χ0) is 15.8. The Hall–Kier alpha value is -0.290. The van der Waals surface area contributed by atoms with Crippen molar-refractivity contribution in [1.82, 2.24) is 5.32 Å². The van der Waals surface area contributed by atoms with Crippen molar-refractivity contribution in [3.8, 4) is 0 Å². The Morgan fingerprint density at radius 2 is 1.90 bits per heavy atom. The molecular weight excluding hydrogens is 329 g/mol. The molecular formula is C15H21Cl2NO2S. The van der Waals surface area contributed by atoms with Crippen molar-refractivity contribution in [2.75, 3.05) is 7.05 Å². The second-order valence-electron chi connectivity index (χ2n) is 6.31. The van der Waals surface area contributed by atoms with E-state index in [1.165, 1.54) is 12.1 Å². The highest BCUT2D eigenvalue weighted by molar-refractivity contribution is 7.92. The zero-order valence-electron chi connectivity index (χ0n) is 12.5. The number of hydrogen-bond donors (Lipinski definition) is 1. The molecule has 6 heteroatoms. The van der Waals surface area contributed by atoms with Gasteiger partial charge in [-0.2, -0.15) is 0 Å². The molecule has 0 amide bonds. The van der Waals surface area contributed by atoms with Crippen LogP contribution in [0.4, 0.5) is 0 Å². The predicted octanol–water partition coefficient (Wildman–Crippen LogP) is 3.93. The third kappa shape index (κ3) is 3.24. The summed E-state index contributed by atoms with van der Waals surface area (Å²) in [5, 5.41) is 3.40. The van der Waals surface area contributed by atoms with Crippen LogP contribution in [0.25, 0.3) is 0 Å². The lowest BCUT2D eigenvalue weighted by molar-refractivity contribution is 0.178. The van der Waals surface area contributed by atoms with Crippen LogP contribution in [0.15, 0.2) is 23.1 Å². The number of nitrogens with one attached hydrogen (secondary N) is 1. The number of halogens is 2. The smallest absolute Gasteiger partial charge is 0.182 e. The number of benzene rings is 1. The van der Waals surface area contributed by atoms with Crippen molar-refractivity contribution >= 4 is 33.0 Å². The van der Waals surface area contributed by atoms with Crippen molar-refractivity contribution in [3.63, 3.8) is 0 Å². The Kier molecular flexibility index (Phi) is 4.94. The van der Waals surface area contributed by atoms with Gasteiger partial charge in [-0.15, -0.1) is 0 Å². The Labute approximate surface area is 136 Å². The Balaban J connectivity index is 2.44. The van der Waals surface area contributed by atoms with Gasteiger partial charge in [-0.25, -0.2) is 8.42 Å². The summed E-state index contributed by atoms with van der Waals surface area (Å²) in [5.74, 6) is 0. The molecule has 1 aromatic rings. The third-order valence-electron chi connectivity index (χ3n) is 4.45. The Morgan fingerprint density at radius 1 is 1.24 bits per heavy atom. The minimum absolute atomic E-state index is 0.0546. The first-order valence-electron chi connectivity index (χ1n) is 7.06. The molecule has 2 unspecified atom stereocenters. The quantitative estimate of drug-likeness (QED) is 0.898. The fourth-order valence-electron chi connectivity index (χ4n) is 3.32. The van der Waals surface area contributed by atoms with Crippen LogP contribution in [0.1, 0.15) is 33.1 Å². The standard InChI is InChI=1S/C15H21Cl2NO2S/c1-15(2)8-4-5-13(14(15)18-3)21(19,20)10-6-7-11(16)12(17)9-10/h6-7,9,13-14,18H,4-5,8H2,1-3H3. The lowest BCUT2D eigenvalue weighted by Gasteiger charge is -2.43. The molecule has 3 nitrogen and oxygen atoms in total. The number of sulfone groups is 1. The molecule has 21 heavy (non-hydrogen) atoms. The number of rotatable bonds is 3. The van der Waals surface area contributed by atoms with Gasteiger partial charge in [0.1, 0.15) is 0 Å². The van der Waals surface area contributed by atoms with E-state index >= 15 is 0 Å². The maximum atomic E-state index is 13.0. The first-order chi connectivity index (χ1) is 9.70. The lowest BCUT2D eigenvalue weighted by atomic mass is 9.73. The van der Waals surface area contributed by atoms with E-state index in [2.05, 4.69) is 19.2 Å². The maximum absolute atomic E-state index is 13.0. The SMILES string of the molecule is CNC1C(S(=O)(=O)c2ccc(Cl)c(Cl)c2)CCCC1(C)C. The van der Waals surface area contributed by atoms with Crippen molar-refractivity contribution in [1.29, 1.82) is 0 Å². The molecule has 0 aromatic heterocycles. The van der Waals surface area contributed by atoms with E-state index < -0.39 is 15.1 Å². The normalized spacial score (nSPS) is 25.8. The van der Waals surface area contributed by atoms with E-state index in [0.29, 0.717) is 11.4 Å². The summed E-state index contributed by atoms with van der Waals surface area (Å²) >= 11 is 11.9. The molecule has 1 N–H and O–H groups in total. The predicted molar refractivity (Wildman–Crippen MR) is 87.9 cm³/mol. The van der Waals surface area contributed by atoms with E-state index in [1.807, 2.05) is 7.05 Å². The van der Waals surface area contributed by atoms with Crippen molar-refractivity contribution in [3.05, 3.63) is 28.2 Å². The van der Waals surface area contributed by atoms with Crippen LogP contribution in [-0.2, 0) is 9.84 Å². The van der Waals surface area contributed by atoms with Crippen LogP contribution in [-0.4, -0.2) is 26.8 Å². The first-order valence-corrected chi connectivity index (χ1v) is 9.36. The van der Waals surface area contributed by atoms with Crippen LogP contribution in [0.2, 0.25) is 10.0 Å². The van der Waals surface area contributed by atoms with Crippen LogP contribution >= 0.6 is 23.2 Å². The van der Waals surface area contributed by atoms with Crippen LogP contribution in [0.3, 0.4) is 0 Å². The summed E-state index contributed by atoms with van der Waals surface area (Å²) in [6.07, 6.45) is 2.60. The van der Waals surface area contributed by atoms with E-state index in [9.17, 15) is 8.42 Å². The average molecular weight is 350 g/mol. The van der Waals surface area contributed by atoms with E-state index in [0.717, 1.165) is 12.8 Å². The van der Waals surface area contributed by atoms with Gasteiger partial charge in [0, 0.05) is 6.04 Å². The van der Waals surface area contributed by atoms with Crippen LogP contribution < -0.4 is 5.32 Å². The largest absolute Gasteiger partial charge is 0.315 e. The molecule has 0 spiro atoms. The van der Waals surface area contributed by atoms with Crippen LogP contribution in [0, 0.1) is 5.41 Å². The Bertz CT molecular complexity index is 629. The minimum Gasteiger partial charge on any atom is -0.315 e. The van der Waals surface area contributed by atoms with Crippen molar-refractivity contribution in [2.45, 2.75) is 49.3 Å². The highest BCUT2D eigenvalue weighted by Gasteiger charge is 2.44. The fraction of sp³-hybridized carbons (Fsp3) is 0.600. The van der Waals surface area contributed by atoms with Gasteiger partial charge < -0.3 is 5.32 Å². The molecule has 2 rings (SSSR count). The molecule has 1 fully saturated rings. The molecule has 1 saturated carbocycles. The van der Waals surface area contributed by atoms with Gasteiger partial charge in [-0.05, 0) is 43.5 Å². The monoisotopic (exact) mass is 349 g/mol. The fourth-order valence-corrected chi connectivity index (χ4v) is 5.92. The topological polar surface area (TPSA) is 46.2 Å². The molecule has 2 atom stereocenters. The first kappa shape index (κ1) is 17.1. The van der Waals surface area contributed by atoms with Crippen molar-refractivity contribution < 1.29 is 8.42 Å². The van der Waals surface area contributed by atoms with Gasteiger partial charge in [-0.3, -0.25) is 0 Å². The summed E-state index contributed by atoms with van der Waals surface area (Å²) < 4.78 is 25.9. The molecule has 0 saturated heterocycles. The third-order valence-corrected chi connectivity index (χ3v) is 7.41. The second-order valence-corrected chi connectivity index (χ2v) is 9.29. The Morgan fingerprint density at radius 3 is 2.48 bits per heavy atom. The molecule has 0 aliphatic heterocycles. The zero-order valence-corrected chi connectivity index (χ0v) is 14.8. The molecule has 0 heterocycles. The molecule has 1 aromatic carbocycles. The van der Waals surface area contributed by atoms with Gasteiger partial charge in [0.2, 0.25) is 0 Å². The lowest BCUT2D eigenvalue weighted by Crippen LogP contribution is -2.54. The average Bonchev–Trinajstić information content (AvgIpc) is 2.40. The molecule has 118 valence electrons. The maximum Gasteiger partial charge on any atom is 0.182 e. The van der Waals surface area contributed by atoms with E-state index in [1.54, 1.807) is 6.07 Å². The minimum atomic E-state index is -3.44. The summed E-state index contributed by atoms with van der Waals surface area (Å²) in [5.41, 5.74) is -0.0546. The summed E-state index contributed by atoms with van der Waals surface area (Å²) in [7, 11) is -1.61.